The maximum atomic E-state index is 12.2. The number of ether oxygens (including phenoxy) is 1. The molecular weight excluding hydrogens is 261 g/mol. The van der Waals surface area contributed by atoms with Gasteiger partial charge in [0, 0.05) is 28.7 Å². The molecular formula is C12H13Cl2NO2. The number of halogens is 2. The zero-order chi connectivity index (χ0) is 12.4. The van der Waals surface area contributed by atoms with Gasteiger partial charge in [-0.05, 0) is 24.6 Å². The molecule has 1 aliphatic rings. The van der Waals surface area contributed by atoms with Gasteiger partial charge in [-0.3, -0.25) is 4.79 Å². The molecule has 3 nitrogen and oxygen atoms in total. The van der Waals surface area contributed by atoms with E-state index >= 15 is 0 Å². The quantitative estimate of drug-likeness (QED) is 0.788. The normalized spacial score (nSPS) is 16.1. The monoisotopic (exact) mass is 273 g/mol. The molecule has 5 heteroatoms. The minimum Gasteiger partial charge on any atom is -0.378 e. The lowest BCUT2D eigenvalue weighted by atomic mass is 10.1. The van der Waals surface area contributed by atoms with E-state index in [1.165, 1.54) is 0 Å². The highest BCUT2D eigenvalue weighted by molar-refractivity contribution is 6.36. The summed E-state index contributed by atoms with van der Waals surface area (Å²) in [5.41, 5.74) is 1.33. The Labute approximate surface area is 110 Å². The zero-order valence-corrected chi connectivity index (χ0v) is 11.0. The average Bonchev–Trinajstić information content (AvgIpc) is 2.35. The fourth-order valence-corrected chi connectivity index (χ4v) is 2.20. The van der Waals surface area contributed by atoms with Crippen molar-refractivity contribution in [1.29, 1.82) is 0 Å². The van der Waals surface area contributed by atoms with Crippen molar-refractivity contribution in [3.63, 3.8) is 0 Å². The number of nitrogens with zero attached hydrogens (tertiary/aromatic N) is 1. The molecule has 0 bridgehead atoms. The van der Waals surface area contributed by atoms with Crippen LogP contribution in [0.4, 0.5) is 0 Å². The van der Waals surface area contributed by atoms with Crippen LogP contribution in [0.3, 0.4) is 0 Å². The van der Waals surface area contributed by atoms with Gasteiger partial charge in [-0.1, -0.05) is 23.2 Å². The van der Waals surface area contributed by atoms with Gasteiger partial charge in [0.2, 0.25) is 0 Å². The van der Waals surface area contributed by atoms with Crippen molar-refractivity contribution >= 4 is 29.1 Å². The van der Waals surface area contributed by atoms with Crippen LogP contribution in [0.5, 0.6) is 0 Å². The second-order valence-corrected chi connectivity index (χ2v) is 4.78. The molecule has 1 aliphatic heterocycles. The zero-order valence-electron chi connectivity index (χ0n) is 9.50. The van der Waals surface area contributed by atoms with Crippen molar-refractivity contribution in [2.24, 2.45) is 0 Å². The number of morpholine rings is 1. The summed E-state index contributed by atoms with van der Waals surface area (Å²) in [6, 6.07) is 3.33. The number of benzene rings is 1. The first-order chi connectivity index (χ1) is 8.09. The van der Waals surface area contributed by atoms with Gasteiger partial charge in [-0.15, -0.1) is 0 Å². The summed E-state index contributed by atoms with van der Waals surface area (Å²) in [5, 5.41) is 1.04. The fourth-order valence-electron chi connectivity index (χ4n) is 1.72. The molecule has 2 rings (SSSR count). The Bertz CT molecular complexity index is 419. The molecule has 0 saturated carbocycles. The summed E-state index contributed by atoms with van der Waals surface area (Å²) in [5.74, 6) is -0.0444. The van der Waals surface area contributed by atoms with Crippen molar-refractivity contribution in [2.45, 2.75) is 6.92 Å². The number of carbonyl (C=O) groups is 1. The first-order valence-corrected chi connectivity index (χ1v) is 6.18. The summed E-state index contributed by atoms with van der Waals surface area (Å²) in [7, 11) is 0. The minimum atomic E-state index is -0.0444. The van der Waals surface area contributed by atoms with E-state index in [0.717, 1.165) is 5.56 Å². The van der Waals surface area contributed by atoms with E-state index in [0.29, 0.717) is 41.9 Å². The van der Waals surface area contributed by atoms with Gasteiger partial charge in [0.25, 0.3) is 5.91 Å². The Kier molecular flexibility index (Phi) is 3.92. The molecule has 1 aromatic carbocycles. The molecule has 1 fully saturated rings. The molecule has 1 saturated heterocycles. The Morgan fingerprint density at radius 2 is 1.76 bits per heavy atom. The molecule has 0 N–H and O–H groups in total. The molecule has 0 atom stereocenters. The Balaban J connectivity index is 2.24. The second kappa shape index (κ2) is 5.25. The van der Waals surface area contributed by atoms with Gasteiger partial charge in [-0.2, -0.15) is 0 Å². The van der Waals surface area contributed by atoms with Crippen LogP contribution in [-0.2, 0) is 4.74 Å². The number of hydrogen-bond donors (Lipinski definition) is 0. The Morgan fingerprint density at radius 3 is 2.29 bits per heavy atom. The van der Waals surface area contributed by atoms with Gasteiger partial charge in [0.1, 0.15) is 0 Å². The number of rotatable bonds is 1. The smallest absolute Gasteiger partial charge is 0.254 e. The number of carbonyl (C=O) groups excluding carboxylic acids is 1. The molecule has 0 unspecified atom stereocenters. The molecule has 1 heterocycles. The lowest BCUT2D eigenvalue weighted by Crippen LogP contribution is -2.40. The number of hydrogen-bond acceptors (Lipinski definition) is 2. The third-order valence-electron chi connectivity index (χ3n) is 2.83. The van der Waals surface area contributed by atoms with E-state index in [-0.39, 0.29) is 5.91 Å². The molecule has 1 aromatic rings. The lowest BCUT2D eigenvalue weighted by molar-refractivity contribution is 0.0303. The summed E-state index contributed by atoms with van der Waals surface area (Å²) in [6.07, 6.45) is 0. The molecule has 0 aliphatic carbocycles. The molecule has 17 heavy (non-hydrogen) atoms. The Hall–Kier alpha value is -0.770. The minimum absolute atomic E-state index is 0.0444. The van der Waals surface area contributed by atoms with E-state index in [1.807, 2.05) is 6.92 Å². The first kappa shape index (κ1) is 12.7. The molecule has 1 amide bonds. The van der Waals surface area contributed by atoms with Crippen LogP contribution < -0.4 is 0 Å². The van der Waals surface area contributed by atoms with Gasteiger partial charge < -0.3 is 9.64 Å². The van der Waals surface area contributed by atoms with Crippen LogP contribution in [0.2, 0.25) is 10.0 Å². The predicted octanol–water partition coefficient (Wildman–Crippen LogP) is 2.77. The largest absolute Gasteiger partial charge is 0.378 e. The Morgan fingerprint density at radius 1 is 1.24 bits per heavy atom. The number of amides is 1. The van der Waals surface area contributed by atoms with E-state index in [4.69, 9.17) is 27.9 Å². The first-order valence-electron chi connectivity index (χ1n) is 5.42. The molecule has 92 valence electrons. The van der Waals surface area contributed by atoms with Gasteiger partial charge in [0.05, 0.1) is 13.2 Å². The van der Waals surface area contributed by atoms with E-state index in [1.54, 1.807) is 17.0 Å². The maximum Gasteiger partial charge on any atom is 0.254 e. The van der Waals surface area contributed by atoms with Crippen molar-refractivity contribution < 1.29 is 9.53 Å². The van der Waals surface area contributed by atoms with Crippen molar-refractivity contribution in [3.05, 3.63) is 33.3 Å². The van der Waals surface area contributed by atoms with Crippen LogP contribution in [0.1, 0.15) is 15.9 Å². The second-order valence-electron chi connectivity index (χ2n) is 3.97. The highest BCUT2D eigenvalue weighted by atomic mass is 35.5. The third kappa shape index (κ3) is 2.73. The summed E-state index contributed by atoms with van der Waals surface area (Å²) < 4.78 is 5.21. The van der Waals surface area contributed by atoms with Crippen LogP contribution in [-0.4, -0.2) is 37.1 Å². The van der Waals surface area contributed by atoms with Crippen molar-refractivity contribution in [2.75, 3.05) is 26.3 Å². The van der Waals surface area contributed by atoms with E-state index in [9.17, 15) is 4.79 Å². The van der Waals surface area contributed by atoms with E-state index < -0.39 is 0 Å². The maximum absolute atomic E-state index is 12.2. The third-order valence-corrected chi connectivity index (χ3v) is 3.61. The predicted molar refractivity (Wildman–Crippen MR) is 67.9 cm³/mol. The van der Waals surface area contributed by atoms with Crippen LogP contribution in [0, 0.1) is 6.92 Å². The highest BCUT2D eigenvalue weighted by Gasteiger charge is 2.19. The SMILES string of the molecule is Cc1c(Cl)cc(C(=O)N2CCOCC2)cc1Cl. The van der Waals surface area contributed by atoms with Crippen molar-refractivity contribution in [3.8, 4) is 0 Å². The topological polar surface area (TPSA) is 29.5 Å². The van der Waals surface area contributed by atoms with Crippen molar-refractivity contribution in [1.82, 2.24) is 4.90 Å². The van der Waals surface area contributed by atoms with E-state index in [2.05, 4.69) is 0 Å². The molecule has 0 spiro atoms. The fraction of sp³-hybridized carbons (Fsp3) is 0.417. The van der Waals surface area contributed by atoms with Gasteiger partial charge >= 0.3 is 0 Å². The van der Waals surface area contributed by atoms with Crippen LogP contribution in [0.15, 0.2) is 12.1 Å². The summed E-state index contributed by atoms with van der Waals surface area (Å²) >= 11 is 12.0. The van der Waals surface area contributed by atoms with Gasteiger partial charge in [0.15, 0.2) is 0 Å². The lowest BCUT2D eigenvalue weighted by Gasteiger charge is -2.27. The highest BCUT2D eigenvalue weighted by Crippen LogP contribution is 2.26. The molecule has 0 radical (unpaired) electrons. The van der Waals surface area contributed by atoms with Crippen LogP contribution in [0.25, 0.3) is 0 Å². The summed E-state index contributed by atoms with van der Waals surface area (Å²) in [4.78, 5) is 13.9. The summed E-state index contributed by atoms with van der Waals surface area (Å²) in [6.45, 7) is 4.22. The standard InChI is InChI=1S/C12H13Cl2NO2/c1-8-10(13)6-9(7-11(8)14)12(16)15-2-4-17-5-3-15/h6-7H,2-5H2,1H3. The van der Waals surface area contributed by atoms with Gasteiger partial charge in [-0.25, -0.2) is 0 Å². The van der Waals surface area contributed by atoms with Crippen LogP contribution >= 0.6 is 23.2 Å². The molecule has 0 aromatic heterocycles. The average molecular weight is 274 g/mol.